The number of hydrogen-bond donors (Lipinski definition) is 2. The van der Waals surface area contributed by atoms with Crippen molar-refractivity contribution in [2.75, 3.05) is 48.3 Å². The van der Waals surface area contributed by atoms with Crippen LogP contribution in [0, 0.1) is 5.92 Å². The van der Waals surface area contributed by atoms with Gasteiger partial charge in [-0.3, -0.25) is 0 Å². The fourth-order valence-electron chi connectivity index (χ4n) is 4.14. The molecule has 4 rings (SSSR count). The third-order valence-electron chi connectivity index (χ3n) is 6.00. The molecule has 0 spiro atoms. The van der Waals surface area contributed by atoms with E-state index in [-0.39, 0.29) is 12.0 Å². The number of carbonyl (C=O) groups excluding carboxylic acids is 1. The monoisotopic (exact) mass is 463 g/mol. The van der Waals surface area contributed by atoms with Gasteiger partial charge in [0.2, 0.25) is 5.95 Å². The summed E-state index contributed by atoms with van der Waals surface area (Å²) in [6.07, 6.45) is 6.85. The number of nitrogens with one attached hydrogen (secondary N) is 2. The third-order valence-corrected chi connectivity index (χ3v) is 6.00. The van der Waals surface area contributed by atoms with E-state index >= 15 is 0 Å². The molecule has 1 saturated heterocycles. The summed E-state index contributed by atoms with van der Waals surface area (Å²) in [5, 5.41) is 6.43. The van der Waals surface area contributed by atoms with Gasteiger partial charge in [-0.25, -0.2) is 9.97 Å². The SMILES string of the molecule is CNCCN(c1ncc(-c2cccc(Nc3nccc(N4CCCC4)n3)c2)o1)C(C=O)C(C)C. The third kappa shape index (κ3) is 5.53. The molecule has 1 atom stereocenters. The van der Waals surface area contributed by atoms with E-state index in [2.05, 4.69) is 30.5 Å². The highest BCUT2D eigenvalue weighted by molar-refractivity contribution is 5.68. The van der Waals surface area contributed by atoms with Gasteiger partial charge >= 0.3 is 0 Å². The summed E-state index contributed by atoms with van der Waals surface area (Å²) in [5.41, 5.74) is 1.73. The zero-order valence-electron chi connectivity index (χ0n) is 20.1. The van der Waals surface area contributed by atoms with Crippen LogP contribution in [0.25, 0.3) is 11.3 Å². The molecule has 1 unspecified atom stereocenters. The van der Waals surface area contributed by atoms with Crippen molar-refractivity contribution in [3.05, 3.63) is 42.7 Å². The van der Waals surface area contributed by atoms with Crippen molar-refractivity contribution in [2.24, 2.45) is 5.92 Å². The number of nitrogens with zero attached hydrogens (tertiary/aromatic N) is 5. The maximum atomic E-state index is 11.8. The van der Waals surface area contributed by atoms with Crippen LogP contribution in [0.15, 0.2) is 47.1 Å². The van der Waals surface area contributed by atoms with Gasteiger partial charge in [0.25, 0.3) is 6.01 Å². The van der Waals surface area contributed by atoms with Crippen LogP contribution in [-0.4, -0.2) is 60.5 Å². The predicted molar refractivity (Wildman–Crippen MR) is 135 cm³/mol. The van der Waals surface area contributed by atoms with E-state index in [0.717, 1.165) is 36.4 Å². The molecule has 2 N–H and O–H groups in total. The van der Waals surface area contributed by atoms with Crippen molar-refractivity contribution in [1.29, 1.82) is 0 Å². The van der Waals surface area contributed by atoms with Gasteiger partial charge in [-0.2, -0.15) is 4.98 Å². The molecule has 0 aliphatic carbocycles. The molecule has 0 saturated carbocycles. The molecule has 0 bridgehead atoms. The maximum absolute atomic E-state index is 11.8. The minimum atomic E-state index is -0.312. The summed E-state index contributed by atoms with van der Waals surface area (Å²) in [6, 6.07) is 9.94. The summed E-state index contributed by atoms with van der Waals surface area (Å²) in [6.45, 7) is 7.44. The van der Waals surface area contributed by atoms with E-state index in [0.29, 0.717) is 30.8 Å². The molecule has 0 amide bonds. The zero-order valence-corrected chi connectivity index (χ0v) is 20.1. The van der Waals surface area contributed by atoms with Gasteiger partial charge in [0.15, 0.2) is 5.76 Å². The Morgan fingerprint density at radius 3 is 2.76 bits per heavy atom. The first-order valence-corrected chi connectivity index (χ1v) is 11.9. The van der Waals surface area contributed by atoms with Gasteiger partial charge in [-0.15, -0.1) is 0 Å². The Morgan fingerprint density at radius 1 is 1.21 bits per heavy atom. The zero-order chi connectivity index (χ0) is 23.9. The summed E-state index contributed by atoms with van der Waals surface area (Å²) in [5.74, 6) is 2.27. The fraction of sp³-hybridized carbons (Fsp3) is 0.440. The molecule has 3 heterocycles. The Morgan fingerprint density at radius 2 is 2.03 bits per heavy atom. The lowest BCUT2D eigenvalue weighted by Crippen LogP contribution is -2.43. The lowest BCUT2D eigenvalue weighted by Gasteiger charge is -2.29. The number of aromatic nitrogens is 3. The lowest BCUT2D eigenvalue weighted by atomic mass is 10.0. The first-order valence-electron chi connectivity index (χ1n) is 11.9. The molecule has 1 aromatic carbocycles. The highest BCUT2D eigenvalue weighted by Crippen LogP contribution is 2.29. The second-order valence-corrected chi connectivity index (χ2v) is 8.81. The highest BCUT2D eigenvalue weighted by Gasteiger charge is 2.25. The number of carbonyl (C=O) groups is 1. The van der Waals surface area contributed by atoms with Gasteiger partial charge in [-0.05, 0) is 44.0 Å². The van der Waals surface area contributed by atoms with E-state index in [1.54, 1.807) is 12.4 Å². The fourth-order valence-corrected chi connectivity index (χ4v) is 4.14. The topological polar surface area (TPSA) is 99.4 Å². The van der Waals surface area contributed by atoms with Crippen LogP contribution in [0.1, 0.15) is 26.7 Å². The molecular weight excluding hydrogens is 430 g/mol. The van der Waals surface area contributed by atoms with Crippen LogP contribution in [0.3, 0.4) is 0 Å². The molecule has 34 heavy (non-hydrogen) atoms. The van der Waals surface area contributed by atoms with E-state index in [1.807, 2.05) is 56.1 Å². The molecule has 180 valence electrons. The molecule has 9 nitrogen and oxygen atoms in total. The average Bonchev–Trinajstić information content (AvgIpc) is 3.55. The number of hydrogen-bond acceptors (Lipinski definition) is 9. The molecule has 2 aromatic heterocycles. The number of benzene rings is 1. The number of oxazole rings is 1. The number of rotatable bonds is 11. The van der Waals surface area contributed by atoms with Crippen molar-refractivity contribution in [1.82, 2.24) is 20.3 Å². The van der Waals surface area contributed by atoms with E-state index in [4.69, 9.17) is 4.42 Å². The Labute approximate surface area is 200 Å². The van der Waals surface area contributed by atoms with Gasteiger partial charge < -0.3 is 29.6 Å². The first kappa shape index (κ1) is 23.7. The van der Waals surface area contributed by atoms with Crippen LogP contribution >= 0.6 is 0 Å². The Hall–Kier alpha value is -3.46. The number of likely N-dealkylation sites (N-methyl/N-ethyl adjacent to an activating group) is 1. The van der Waals surface area contributed by atoms with Crippen LogP contribution < -0.4 is 20.4 Å². The van der Waals surface area contributed by atoms with Crippen LogP contribution in [0.5, 0.6) is 0 Å². The van der Waals surface area contributed by atoms with Crippen molar-refractivity contribution in [3.63, 3.8) is 0 Å². The smallest absolute Gasteiger partial charge is 0.298 e. The van der Waals surface area contributed by atoms with Crippen molar-refractivity contribution in [2.45, 2.75) is 32.7 Å². The highest BCUT2D eigenvalue weighted by atomic mass is 16.4. The quantitative estimate of drug-likeness (QED) is 0.412. The Bertz CT molecular complexity index is 1080. The summed E-state index contributed by atoms with van der Waals surface area (Å²) in [7, 11) is 1.88. The van der Waals surface area contributed by atoms with Gasteiger partial charge in [0.05, 0.1) is 12.2 Å². The van der Waals surface area contributed by atoms with Gasteiger partial charge in [-0.1, -0.05) is 26.0 Å². The minimum Gasteiger partial charge on any atom is -0.423 e. The average molecular weight is 464 g/mol. The van der Waals surface area contributed by atoms with Gasteiger partial charge in [0, 0.05) is 43.6 Å². The molecule has 1 aliphatic heterocycles. The normalized spacial score (nSPS) is 14.4. The minimum absolute atomic E-state index is 0.133. The molecule has 9 heteroatoms. The number of anilines is 4. The second kappa shape index (κ2) is 11.1. The largest absolute Gasteiger partial charge is 0.423 e. The lowest BCUT2D eigenvalue weighted by molar-refractivity contribution is -0.109. The van der Waals surface area contributed by atoms with Crippen molar-refractivity contribution in [3.8, 4) is 11.3 Å². The first-order chi connectivity index (χ1) is 16.6. The maximum Gasteiger partial charge on any atom is 0.298 e. The van der Waals surface area contributed by atoms with E-state index in [9.17, 15) is 4.79 Å². The van der Waals surface area contributed by atoms with Gasteiger partial charge in [0.1, 0.15) is 12.1 Å². The molecule has 3 aromatic rings. The van der Waals surface area contributed by atoms with E-state index in [1.165, 1.54) is 12.8 Å². The second-order valence-electron chi connectivity index (χ2n) is 8.81. The summed E-state index contributed by atoms with van der Waals surface area (Å²) >= 11 is 0. The van der Waals surface area contributed by atoms with Crippen LogP contribution in [0.2, 0.25) is 0 Å². The van der Waals surface area contributed by atoms with E-state index < -0.39 is 0 Å². The summed E-state index contributed by atoms with van der Waals surface area (Å²) < 4.78 is 6.12. The van der Waals surface area contributed by atoms with Crippen LogP contribution in [0.4, 0.5) is 23.5 Å². The molecule has 1 fully saturated rings. The van der Waals surface area contributed by atoms with Crippen molar-refractivity contribution >= 4 is 29.8 Å². The van der Waals surface area contributed by atoms with Crippen molar-refractivity contribution < 1.29 is 9.21 Å². The molecule has 0 radical (unpaired) electrons. The number of aldehydes is 1. The molecular formula is C25H33N7O2. The Kier molecular flexibility index (Phi) is 7.74. The van der Waals surface area contributed by atoms with Crippen LogP contribution in [-0.2, 0) is 4.79 Å². The standard InChI is InChI=1S/C25H33N7O2/c1-18(2)21(17-33)32(14-11-26-3)25-28-16-22(34-25)19-7-6-8-20(15-19)29-24-27-10-9-23(30-24)31-12-4-5-13-31/h6-10,15-18,21,26H,4-5,11-14H2,1-3H3,(H,27,29,30). The molecule has 1 aliphatic rings. The summed E-state index contributed by atoms with van der Waals surface area (Å²) in [4.78, 5) is 29.5. The Balaban J connectivity index is 1.53. The predicted octanol–water partition coefficient (Wildman–Crippen LogP) is 3.72.